The summed E-state index contributed by atoms with van der Waals surface area (Å²) in [6.07, 6.45) is -5.09. The number of nitrogens with zero attached hydrogens (tertiary/aromatic N) is 4. The van der Waals surface area contributed by atoms with Gasteiger partial charge in [0.05, 0.1) is 5.69 Å². The lowest BCUT2D eigenvalue weighted by Gasteiger charge is -2.16. The Balaban J connectivity index is 2.01. The molecule has 1 N–H and O–H groups in total. The highest BCUT2D eigenvalue weighted by atomic mass is 19.4. The van der Waals surface area contributed by atoms with Gasteiger partial charge < -0.3 is 10.2 Å². The number of halogens is 6. The fourth-order valence-corrected chi connectivity index (χ4v) is 2.73. The van der Waals surface area contributed by atoms with Gasteiger partial charge in [-0.1, -0.05) is 11.3 Å². The zero-order valence-corrected chi connectivity index (χ0v) is 15.4. The van der Waals surface area contributed by atoms with Crippen LogP contribution in [0.1, 0.15) is 16.2 Å². The zero-order chi connectivity index (χ0) is 22.2. The number of aromatic nitrogens is 3. The highest BCUT2D eigenvalue weighted by molar-refractivity contribution is 6.03. The van der Waals surface area contributed by atoms with E-state index in [1.807, 2.05) is 5.32 Å². The zero-order valence-electron chi connectivity index (χ0n) is 15.4. The van der Waals surface area contributed by atoms with Gasteiger partial charge in [0.1, 0.15) is 11.5 Å². The smallest absolute Gasteiger partial charge is 0.373 e. The minimum absolute atomic E-state index is 0.258. The largest absolute Gasteiger partial charge is 0.435 e. The molecule has 1 aromatic heterocycles. The molecule has 6 nitrogen and oxygen atoms in total. The summed E-state index contributed by atoms with van der Waals surface area (Å²) in [6.45, 7) is 0. The maximum atomic E-state index is 14.1. The Kier molecular flexibility index (Phi) is 5.42. The molecule has 0 atom stereocenters. The quantitative estimate of drug-likeness (QED) is 0.637. The van der Waals surface area contributed by atoms with Crippen LogP contribution in [0, 0.1) is 17.5 Å². The van der Waals surface area contributed by atoms with Gasteiger partial charge in [0.15, 0.2) is 23.0 Å². The number of hydrogen-bond acceptors (Lipinski definition) is 4. The molecule has 3 rings (SSSR count). The Hall–Kier alpha value is -3.57. The van der Waals surface area contributed by atoms with Crippen molar-refractivity contribution in [3.63, 3.8) is 0 Å². The third-order valence-corrected chi connectivity index (χ3v) is 3.93. The van der Waals surface area contributed by atoms with Crippen molar-refractivity contribution >= 4 is 17.3 Å². The first-order valence-corrected chi connectivity index (χ1v) is 8.25. The van der Waals surface area contributed by atoms with E-state index in [0.29, 0.717) is 0 Å². The summed E-state index contributed by atoms with van der Waals surface area (Å²) in [6, 6.07) is 5.59. The van der Waals surface area contributed by atoms with Crippen molar-refractivity contribution < 1.29 is 31.1 Å². The molecule has 0 radical (unpaired) electrons. The van der Waals surface area contributed by atoms with Gasteiger partial charge in [0, 0.05) is 19.8 Å². The number of carbonyl (C=O) groups excluding carboxylic acids is 1. The second-order valence-corrected chi connectivity index (χ2v) is 6.31. The van der Waals surface area contributed by atoms with Crippen molar-refractivity contribution in [2.45, 2.75) is 6.18 Å². The first kappa shape index (κ1) is 21.1. The maximum absolute atomic E-state index is 14.1. The lowest BCUT2D eigenvalue weighted by molar-refractivity contribution is -0.143. The van der Waals surface area contributed by atoms with Crippen molar-refractivity contribution in [1.82, 2.24) is 15.0 Å². The van der Waals surface area contributed by atoms with Crippen LogP contribution in [0.4, 0.5) is 37.7 Å². The van der Waals surface area contributed by atoms with Crippen LogP contribution in [0.2, 0.25) is 0 Å². The number of benzene rings is 2. The molecule has 0 saturated carbocycles. The predicted molar refractivity (Wildman–Crippen MR) is 95.0 cm³/mol. The summed E-state index contributed by atoms with van der Waals surface area (Å²) in [4.78, 5) is 13.5. The Labute approximate surface area is 165 Å². The van der Waals surface area contributed by atoms with E-state index < -0.39 is 46.6 Å². The fourth-order valence-electron chi connectivity index (χ4n) is 2.73. The van der Waals surface area contributed by atoms with Crippen molar-refractivity contribution in [2.24, 2.45) is 0 Å². The van der Waals surface area contributed by atoms with Crippen LogP contribution in [-0.4, -0.2) is 35.0 Å². The van der Waals surface area contributed by atoms with Crippen molar-refractivity contribution in [3.8, 4) is 5.69 Å². The molecule has 0 spiro atoms. The molecule has 0 aliphatic heterocycles. The third kappa shape index (κ3) is 4.07. The second kappa shape index (κ2) is 7.69. The van der Waals surface area contributed by atoms with Crippen LogP contribution >= 0.6 is 0 Å². The molecule has 1 heterocycles. The van der Waals surface area contributed by atoms with Gasteiger partial charge in [-0.3, -0.25) is 4.79 Å². The summed E-state index contributed by atoms with van der Waals surface area (Å²) >= 11 is 0. The van der Waals surface area contributed by atoms with Gasteiger partial charge in [0.25, 0.3) is 5.91 Å². The van der Waals surface area contributed by atoms with Crippen LogP contribution in [0.3, 0.4) is 0 Å². The number of rotatable bonds is 4. The van der Waals surface area contributed by atoms with Crippen LogP contribution in [0.15, 0.2) is 36.4 Å². The fraction of sp³-hybridized carbons (Fsp3) is 0.167. The van der Waals surface area contributed by atoms with Gasteiger partial charge in [-0.15, -0.1) is 5.10 Å². The molecule has 0 bridgehead atoms. The number of amides is 1. The Bertz CT molecular complexity index is 1090. The van der Waals surface area contributed by atoms with Crippen LogP contribution in [0.5, 0.6) is 0 Å². The molecule has 0 saturated heterocycles. The van der Waals surface area contributed by atoms with E-state index in [1.54, 1.807) is 0 Å². The molecule has 0 fully saturated rings. The topological polar surface area (TPSA) is 63.1 Å². The number of carbonyl (C=O) groups is 1. The molecule has 12 heteroatoms. The molecule has 158 valence electrons. The first-order valence-electron chi connectivity index (χ1n) is 8.25. The van der Waals surface area contributed by atoms with Crippen LogP contribution in [-0.2, 0) is 6.18 Å². The van der Waals surface area contributed by atoms with E-state index in [-0.39, 0.29) is 16.1 Å². The van der Waals surface area contributed by atoms with E-state index in [9.17, 15) is 31.1 Å². The standard InChI is InChI=1S/C18H13F6N5O/c1-28(2)15-12(20)7-10(8-13(15)21)25-17(30)14-16(18(22,23)24)29(27-26-14)11-5-3-4-9(19)6-11/h3-8H,1-2H3,(H,25,30). The molecule has 3 aromatic rings. The van der Waals surface area contributed by atoms with Gasteiger partial charge in [-0.2, -0.15) is 13.2 Å². The molecule has 0 aliphatic rings. The lowest BCUT2D eigenvalue weighted by Crippen LogP contribution is -2.21. The van der Waals surface area contributed by atoms with E-state index >= 15 is 0 Å². The molecule has 0 unspecified atom stereocenters. The van der Waals surface area contributed by atoms with Gasteiger partial charge in [-0.25, -0.2) is 17.9 Å². The van der Waals surface area contributed by atoms with E-state index in [0.717, 1.165) is 41.3 Å². The Morgan fingerprint density at radius 3 is 2.23 bits per heavy atom. The summed E-state index contributed by atoms with van der Waals surface area (Å²) in [5.41, 5.74) is -3.85. The predicted octanol–water partition coefficient (Wildman–Crippen LogP) is 4.02. The van der Waals surface area contributed by atoms with E-state index in [4.69, 9.17) is 0 Å². The van der Waals surface area contributed by atoms with Gasteiger partial charge >= 0.3 is 6.18 Å². The average molecular weight is 429 g/mol. The normalized spacial score (nSPS) is 11.5. The van der Waals surface area contributed by atoms with Crippen molar-refractivity contribution in [2.75, 3.05) is 24.3 Å². The molecule has 0 aliphatic carbocycles. The maximum Gasteiger partial charge on any atom is 0.435 e. The average Bonchev–Trinajstić information content (AvgIpc) is 3.06. The van der Waals surface area contributed by atoms with Gasteiger partial charge in [0.2, 0.25) is 0 Å². The first-order chi connectivity index (χ1) is 14.0. The summed E-state index contributed by atoms with van der Waals surface area (Å²) in [5.74, 6) is -4.29. The molecule has 2 aromatic carbocycles. The number of alkyl halides is 3. The van der Waals surface area contributed by atoms with Crippen molar-refractivity contribution in [1.29, 1.82) is 0 Å². The highest BCUT2D eigenvalue weighted by Gasteiger charge is 2.42. The Morgan fingerprint density at radius 2 is 1.70 bits per heavy atom. The third-order valence-electron chi connectivity index (χ3n) is 3.93. The van der Waals surface area contributed by atoms with E-state index in [1.165, 1.54) is 14.1 Å². The number of nitrogens with one attached hydrogen (secondary N) is 1. The summed E-state index contributed by atoms with van der Waals surface area (Å²) in [5, 5.41) is 8.50. The molecule has 30 heavy (non-hydrogen) atoms. The Morgan fingerprint density at radius 1 is 1.07 bits per heavy atom. The van der Waals surface area contributed by atoms with Crippen molar-refractivity contribution in [3.05, 3.63) is 65.2 Å². The SMILES string of the molecule is CN(C)c1c(F)cc(NC(=O)c2nnn(-c3cccc(F)c3)c2C(F)(F)F)cc1F. The minimum Gasteiger partial charge on any atom is -0.373 e. The minimum atomic E-state index is -5.09. The summed E-state index contributed by atoms with van der Waals surface area (Å²) < 4.78 is 82.6. The van der Waals surface area contributed by atoms with Crippen LogP contribution < -0.4 is 10.2 Å². The molecular weight excluding hydrogens is 416 g/mol. The summed E-state index contributed by atoms with van der Waals surface area (Å²) in [7, 11) is 2.78. The molecular formula is C18H13F6N5O. The number of hydrogen-bond donors (Lipinski definition) is 1. The van der Waals surface area contributed by atoms with Gasteiger partial charge in [-0.05, 0) is 30.3 Å². The van der Waals surface area contributed by atoms with Crippen LogP contribution in [0.25, 0.3) is 5.69 Å². The monoisotopic (exact) mass is 429 g/mol. The number of anilines is 2. The highest BCUT2D eigenvalue weighted by Crippen LogP contribution is 2.33. The lowest BCUT2D eigenvalue weighted by atomic mass is 10.2. The molecule has 1 amide bonds. The van der Waals surface area contributed by atoms with E-state index in [2.05, 4.69) is 10.3 Å². The second-order valence-electron chi connectivity index (χ2n) is 6.31.